The Morgan fingerprint density at radius 3 is 2.50 bits per heavy atom. The summed E-state index contributed by atoms with van der Waals surface area (Å²) >= 11 is 6.35. The van der Waals surface area contributed by atoms with Crippen LogP contribution in [0.5, 0.6) is 0 Å². The van der Waals surface area contributed by atoms with Gasteiger partial charge in [0.2, 0.25) is 0 Å². The first-order chi connectivity index (χ1) is 9.61. The number of aliphatic hydroxyl groups excluding tert-OH is 1. The molecule has 0 aliphatic rings. The van der Waals surface area contributed by atoms with Crippen molar-refractivity contribution < 1.29 is 5.11 Å². The molecule has 1 N–H and O–H groups in total. The molecule has 0 aliphatic heterocycles. The van der Waals surface area contributed by atoms with E-state index in [2.05, 4.69) is 16.8 Å². The van der Waals surface area contributed by atoms with Crippen LogP contribution in [0.1, 0.15) is 31.1 Å². The largest absolute Gasteiger partial charge is 0.389 e. The fourth-order valence-electron chi connectivity index (χ4n) is 2.12. The van der Waals surface area contributed by atoms with E-state index >= 15 is 0 Å². The number of hydrogen-bond acceptors (Lipinski definition) is 3. The van der Waals surface area contributed by atoms with Gasteiger partial charge in [-0.15, -0.1) is 0 Å². The molecule has 1 aromatic heterocycles. The predicted octanol–water partition coefficient (Wildman–Crippen LogP) is 3.81. The SMILES string of the molecule is CCN(Cc1ccncc1)c1ccc(C(C)O)cc1Cl. The van der Waals surface area contributed by atoms with Gasteiger partial charge in [0, 0.05) is 25.5 Å². The minimum Gasteiger partial charge on any atom is -0.389 e. The van der Waals surface area contributed by atoms with E-state index in [-0.39, 0.29) is 0 Å². The lowest BCUT2D eigenvalue weighted by Crippen LogP contribution is -2.22. The molecule has 0 bridgehead atoms. The molecule has 0 fully saturated rings. The standard InChI is InChI=1S/C16H19ClN2O/c1-3-19(11-13-6-8-18-9-7-13)16-5-4-14(12(2)20)10-15(16)17/h4-10,12,20H,3,11H2,1-2H3. The zero-order chi connectivity index (χ0) is 14.5. The molecule has 1 unspecified atom stereocenters. The van der Waals surface area contributed by atoms with E-state index in [1.165, 1.54) is 5.56 Å². The molecule has 0 aliphatic carbocycles. The summed E-state index contributed by atoms with van der Waals surface area (Å²) in [5, 5.41) is 10.3. The van der Waals surface area contributed by atoms with Crippen LogP contribution in [0.3, 0.4) is 0 Å². The fraction of sp³-hybridized carbons (Fsp3) is 0.312. The molecule has 0 spiro atoms. The quantitative estimate of drug-likeness (QED) is 0.909. The summed E-state index contributed by atoms with van der Waals surface area (Å²) in [4.78, 5) is 6.23. The molecular weight excluding hydrogens is 272 g/mol. The highest BCUT2D eigenvalue weighted by Gasteiger charge is 2.11. The third kappa shape index (κ3) is 3.50. The highest BCUT2D eigenvalue weighted by atomic mass is 35.5. The summed E-state index contributed by atoms with van der Waals surface area (Å²) < 4.78 is 0. The van der Waals surface area contributed by atoms with E-state index in [4.69, 9.17) is 11.6 Å². The summed E-state index contributed by atoms with van der Waals surface area (Å²) in [6, 6.07) is 9.72. The van der Waals surface area contributed by atoms with Gasteiger partial charge in [-0.3, -0.25) is 4.98 Å². The van der Waals surface area contributed by atoms with E-state index in [1.807, 2.05) is 30.3 Å². The third-order valence-electron chi connectivity index (χ3n) is 3.30. The van der Waals surface area contributed by atoms with Gasteiger partial charge in [0.05, 0.1) is 16.8 Å². The average molecular weight is 291 g/mol. The number of aliphatic hydroxyl groups is 1. The first kappa shape index (κ1) is 14.8. The number of hydrogen-bond donors (Lipinski definition) is 1. The van der Waals surface area contributed by atoms with Crippen LogP contribution >= 0.6 is 11.6 Å². The van der Waals surface area contributed by atoms with Gasteiger partial charge in [-0.1, -0.05) is 17.7 Å². The average Bonchev–Trinajstić information content (AvgIpc) is 2.46. The molecule has 2 aromatic rings. The molecule has 0 saturated heterocycles. The van der Waals surface area contributed by atoms with Crippen LogP contribution in [-0.4, -0.2) is 16.6 Å². The number of nitrogens with zero attached hydrogens (tertiary/aromatic N) is 2. The van der Waals surface area contributed by atoms with Crippen LogP contribution in [-0.2, 0) is 6.54 Å². The molecule has 2 rings (SSSR count). The first-order valence-corrected chi connectivity index (χ1v) is 7.11. The van der Waals surface area contributed by atoms with Crippen molar-refractivity contribution in [2.24, 2.45) is 0 Å². The predicted molar refractivity (Wildman–Crippen MR) is 83.0 cm³/mol. The molecule has 1 atom stereocenters. The second-order valence-electron chi connectivity index (χ2n) is 4.76. The van der Waals surface area contributed by atoms with Crippen molar-refractivity contribution >= 4 is 17.3 Å². The molecule has 1 heterocycles. The molecule has 4 heteroatoms. The van der Waals surface area contributed by atoms with Crippen LogP contribution in [0, 0.1) is 0 Å². The highest BCUT2D eigenvalue weighted by Crippen LogP contribution is 2.29. The number of pyridine rings is 1. The molecule has 0 saturated carbocycles. The Morgan fingerprint density at radius 1 is 1.25 bits per heavy atom. The Hall–Kier alpha value is -1.58. The third-order valence-corrected chi connectivity index (χ3v) is 3.60. The molecular formula is C16H19ClN2O. The second-order valence-corrected chi connectivity index (χ2v) is 5.16. The molecule has 106 valence electrons. The maximum Gasteiger partial charge on any atom is 0.0762 e. The number of rotatable bonds is 5. The number of aromatic nitrogens is 1. The summed E-state index contributed by atoms with van der Waals surface area (Å²) in [6.07, 6.45) is 3.08. The minimum absolute atomic E-state index is 0.503. The summed E-state index contributed by atoms with van der Waals surface area (Å²) in [5.74, 6) is 0. The Bertz CT molecular complexity index is 558. The zero-order valence-corrected chi connectivity index (χ0v) is 12.5. The Morgan fingerprint density at radius 2 is 1.95 bits per heavy atom. The van der Waals surface area contributed by atoms with Crippen molar-refractivity contribution in [2.75, 3.05) is 11.4 Å². The number of anilines is 1. The molecule has 0 amide bonds. The van der Waals surface area contributed by atoms with E-state index in [1.54, 1.807) is 19.3 Å². The Labute approximate surface area is 124 Å². The maximum absolute atomic E-state index is 9.59. The summed E-state index contributed by atoms with van der Waals surface area (Å²) in [5.41, 5.74) is 3.01. The van der Waals surface area contributed by atoms with E-state index < -0.39 is 6.10 Å². The van der Waals surface area contributed by atoms with Gasteiger partial charge in [0.1, 0.15) is 0 Å². The summed E-state index contributed by atoms with van der Waals surface area (Å²) in [6.45, 7) is 5.48. The monoisotopic (exact) mass is 290 g/mol. The van der Waals surface area contributed by atoms with Crippen LogP contribution in [0.2, 0.25) is 5.02 Å². The van der Waals surface area contributed by atoms with Gasteiger partial charge in [0.15, 0.2) is 0 Å². The van der Waals surface area contributed by atoms with Gasteiger partial charge in [-0.2, -0.15) is 0 Å². The fourth-order valence-corrected chi connectivity index (χ4v) is 2.42. The van der Waals surface area contributed by atoms with Crippen molar-refractivity contribution in [1.29, 1.82) is 0 Å². The van der Waals surface area contributed by atoms with Crippen LogP contribution in [0.4, 0.5) is 5.69 Å². The van der Waals surface area contributed by atoms with Crippen molar-refractivity contribution in [2.45, 2.75) is 26.5 Å². The maximum atomic E-state index is 9.59. The van der Waals surface area contributed by atoms with Crippen molar-refractivity contribution in [3.8, 4) is 0 Å². The van der Waals surface area contributed by atoms with E-state index in [0.29, 0.717) is 5.02 Å². The van der Waals surface area contributed by atoms with Crippen LogP contribution in [0.25, 0.3) is 0 Å². The highest BCUT2D eigenvalue weighted by molar-refractivity contribution is 6.33. The normalized spacial score (nSPS) is 12.2. The van der Waals surface area contributed by atoms with Crippen molar-refractivity contribution in [3.63, 3.8) is 0 Å². The molecule has 1 aromatic carbocycles. The smallest absolute Gasteiger partial charge is 0.0762 e. The zero-order valence-electron chi connectivity index (χ0n) is 11.8. The number of benzene rings is 1. The van der Waals surface area contributed by atoms with Gasteiger partial charge in [-0.05, 0) is 49.2 Å². The van der Waals surface area contributed by atoms with Gasteiger partial charge < -0.3 is 10.0 Å². The van der Waals surface area contributed by atoms with Gasteiger partial charge in [0.25, 0.3) is 0 Å². The molecule has 3 nitrogen and oxygen atoms in total. The first-order valence-electron chi connectivity index (χ1n) is 6.73. The van der Waals surface area contributed by atoms with Crippen LogP contribution in [0.15, 0.2) is 42.7 Å². The lowest BCUT2D eigenvalue weighted by molar-refractivity contribution is 0.199. The van der Waals surface area contributed by atoms with Gasteiger partial charge in [-0.25, -0.2) is 0 Å². The lowest BCUT2D eigenvalue weighted by atomic mass is 10.1. The Balaban J connectivity index is 2.23. The number of halogens is 1. The minimum atomic E-state index is -0.503. The van der Waals surface area contributed by atoms with E-state index in [0.717, 1.165) is 24.3 Å². The molecule has 0 radical (unpaired) electrons. The van der Waals surface area contributed by atoms with Crippen molar-refractivity contribution in [1.82, 2.24) is 4.98 Å². The van der Waals surface area contributed by atoms with Crippen LogP contribution < -0.4 is 4.90 Å². The summed E-state index contributed by atoms with van der Waals surface area (Å²) in [7, 11) is 0. The van der Waals surface area contributed by atoms with Crippen molar-refractivity contribution in [3.05, 3.63) is 58.9 Å². The molecule has 20 heavy (non-hydrogen) atoms. The lowest BCUT2D eigenvalue weighted by Gasteiger charge is -2.25. The van der Waals surface area contributed by atoms with Gasteiger partial charge >= 0.3 is 0 Å². The second kappa shape index (κ2) is 6.73. The van der Waals surface area contributed by atoms with E-state index in [9.17, 15) is 5.11 Å². The Kier molecular flexibility index (Phi) is 4.99. The topological polar surface area (TPSA) is 36.4 Å².